The minimum absolute atomic E-state index is 0. The Morgan fingerprint density at radius 3 is 2.37 bits per heavy atom. The zero-order chi connectivity index (χ0) is 22.3. The number of nitrogens with one attached hydrogen (secondary N) is 1. The quantitative estimate of drug-likeness (QED) is 0.779. The lowest BCUT2D eigenvalue weighted by Crippen LogP contribution is -2.74. The lowest BCUT2D eigenvalue weighted by atomic mass is 9.49. The van der Waals surface area contributed by atoms with Gasteiger partial charge < -0.3 is 10.1 Å². The van der Waals surface area contributed by atoms with E-state index in [1.54, 1.807) is 12.3 Å². The number of benzene rings is 1. The summed E-state index contributed by atoms with van der Waals surface area (Å²) in [4.78, 5) is 21.4. The highest BCUT2D eigenvalue weighted by Gasteiger charge is 2.64. The molecule has 0 saturated heterocycles. The van der Waals surface area contributed by atoms with Gasteiger partial charge in [0.05, 0.1) is 23.5 Å². The molecule has 1 aromatic carbocycles. The minimum Gasteiger partial charge on any atom is -0.489 e. The molecule has 1 aliphatic rings. The van der Waals surface area contributed by atoms with Gasteiger partial charge in [0.1, 0.15) is 17.5 Å². The lowest BCUT2D eigenvalue weighted by Gasteiger charge is -2.63. The summed E-state index contributed by atoms with van der Waals surface area (Å²) in [6, 6.07) is 7.59. The van der Waals surface area contributed by atoms with Crippen molar-refractivity contribution in [2.75, 3.05) is 0 Å². The van der Waals surface area contributed by atoms with Gasteiger partial charge in [-0.25, -0.2) is 4.98 Å². The van der Waals surface area contributed by atoms with Gasteiger partial charge in [-0.05, 0) is 36.6 Å². The van der Waals surface area contributed by atoms with E-state index in [1.165, 1.54) is 6.20 Å². The Hall–Kier alpha value is -2.94. The Morgan fingerprint density at radius 1 is 1.20 bits per heavy atom. The SMILES string of the molecule is Cc1cc(OC2C(C)(C)C(NC(=O)c3cnc(C(C)C)cn3)C2(C)C)ccc1C#N.[HH]. The number of aromatic nitrogens is 2. The van der Waals surface area contributed by atoms with Crippen LogP contribution in [-0.4, -0.2) is 28.0 Å². The van der Waals surface area contributed by atoms with Crippen molar-refractivity contribution in [3.63, 3.8) is 0 Å². The van der Waals surface area contributed by atoms with E-state index in [1.807, 2.05) is 32.9 Å². The number of nitrogens with zero attached hydrogens (tertiary/aromatic N) is 3. The van der Waals surface area contributed by atoms with E-state index in [-0.39, 0.29) is 36.2 Å². The standard InChI is InChI=1S/C24H30N4O2.H2/c1-14(2)18-12-27-19(13-26-18)20(29)28-21-23(4,5)22(24(21,6)7)30-17-9-8-16(11-25)15(3)10-17;/h8-10,12-14,21-22H,1-7H3,(H,28,29);1H. The van der Waals surface area contributed by atoms with Gasteiger partial charge in [0.15, 0.2) is 0 Å². The Labute approximate surface area is 180 Å². The summed E-state index contributed by atoms with van der Waals surface area (Å²) in [6.45, 7) is 14.4. The summed E-state index contributed by atoms with van der Waals surface area (Å²) >= 11 is 0. The highest BCUT2D eigenvalue weighted by atomic mass is 16.5. The van der Waals surface area contributed by atoms with Crippen LogP contribution >= 0.6 is 0 Å². The highest BCUT2D eigenvalue weighted by molar-refractivity contribution is 5.92. The molecule has 3 rings (SSSR count). The molecule has 0 atom stereocenters. The normalized spacial score (nSPS) is 21.4. The third-order valence-electron chi connectivity index (χ3n) is 6.18. The smallest absolute Gasteiger partial charge is 0.271 e. The molecular weight excluding hydrogens is 376 g/mol. The molecule has 0 spiro atoms. The zero-order valence-electron chi connectivity index (χ0n) is 18.8. The van der Waals surface area contributed by atoms with E-state index < -0.39 is 0 Å². The van der Waals surface area contributed by atoms with Crippen molar-refractivity contribution >= 4 is 5.91 Å². The highest BCUT2D eigenvalue weighted by Crippen LogP contribution is 2.55. The maximum Gasteiger partial charge on any atom is 0.271 e. The van der Waals surface area contributed by atoms with Gasteiger partial charge in [0.2, 0.25) is 0 Å². The van der Waals surface area contributed by atoms with E-state index in [9.17, 15) is 4.79 Å². The molecule has 0 radical (unpaired) electrons. The van der Waals surface area contributed by atoms with E-state index in [0.717, 1.165) is 17.0 Å². The Bertz CT molecular complexity index is 978. The molecule has 0 bridgehead atoms. The third kappa shape index (κ3) is 3.77. The number of amides is 1. The average Bonchev–Trinajstić information content (AvgIpc) is 2.69. The van der Waals surface area contributed by atoms with E-state index >= 15 is 0 Å². The summed E-state index contributed by atoms with van der Waals surface area (Å²) in [5.41, 5.74) is 2.14. The van der Waals surface area contributed by atoms with Crippen LogP contribution in [0.25, 0.3) is 0 Å². The molecule has 1 aliphatic carbocycles. The zero-order valence-corrected chi connectivity index (χ0v) is 18.8. The van der Waals surface area contributed by atoms with Gasteiger partial charge in [0, 0.05) is 24.5 Å². The van der Waals surface area contributed by atoms with Crippen LogP contribution in [0.5, 0.6) is 5.75 Å². The van der Waals surface area contributed by atoms with Crippen LogP contribution < -0.4 is 10.1 Å². The molecule has 2 aromatic rings. The predicted molar refractivity (Wildman–Crippen MR) is 117 cm³/mol. The molecule has 1 N–H and O–H groups in total. The number of hydrogen-bond donors (Lipinski definition) is 1. The number of aryl methyl sites for hydroxylation is 1. The van der Waals surface area contributed by atoms with Crippen LogP contribution in [-0.2, 0) is 0 Å². The third-order valence-corrected chi connectivity index (χ3v) is 6.18. The van der Waals surface area contributed by atoms with Crippen LogP contribution in [0.1, 0.15) is 76.2 Å². The largest absolute Gasteiger partial charge is 0.489 e. The van der Waals surface area contributed by atoms with Crippen molar-refractivity contribution < 1.29 is 11.0 Å². The van der Waals surface area contributed by atoms with Crippen molar-refractivity contribution in [3.8, 4) is 11.8 Å². The van der Waals surface area contributed by atoms with E-state index in [2.05, 4.69) is 49.0 Å². The number of nitriles is 1. The maximum absolute atomic E-state index is 12.8. The molecule has 1 heterocycles. The molecule has 6 nitrogen and oxygen atoms in total. The van der Waals surface area contributed by atoms with Gasteiger partial charge in [-0.15, -0.1) is 0 Å². The van der Waals surface area contributed by atoms with Gasteiger partial charge in [-0.2, -0.15) is 5.26 Å². The molecule has 1 amide bonds. The summed E-state index contributed by atoms with van der Waals surface area (Å²) in [5.74, 6) is 0.775. The first-order chi connectivity index (χ1) is 14.0. The van der Waals surface area contributed by atoms with Crippen molar-refractivity contribution in [1.82, 2.24) is 15.3 Å². The monoisotopic (exact) mass is 408 g/mol. The molecule has 0 unspecified atom stereocenters. The first-order valence-electron chi connectivity index (χ1n) is 10.3. The Morgan fingerprint density at radius 2 is 1.87 bits per heavy atom. The first-order valence-corrected chi connectivity index (χ1v) is 10.3. The van der Waals surface area contributed by atoms with Crippen LogP contribution in [0, 0.1) is 29.1 Å². The van der Waals surface area contributed by atoms with E-state index in [0.29, 0.717) is 11.3 Å². The first kappa shape index (κ1) is 21.8. The minimum atomic E-state index is -0.285. The number of hydrogen-bond acceptors (Lipinski definition) is 5. The van der Waals surface area contributed by atoms with Crippen molar-refractivity contribution in [2.45, 2.75) is 66.5 Å². The topological polar surface area (TPSA) is 87.9 Å². The fraction of sp³-hybridized carbons (Fsp3) is 0.500. The second kappa shape index (κ2) is 7.71. The molecule has 0 aliphatic heterocycles. The van der Waals surface area contributed by atoms with Crippen molar-refractivity contribution in [3.05, 3.63) is 53.1 Å². The fourth-order valence-corrected chi connectivity index (χ4v) is 4.73. The molecular formula is C24H32N4O2. The van der Waals surface area contributed by atoms with Gasteiger partial charge in [0.25, 0.3) is 5.91 Å². The van der Waals surface area contributed by atoms with Crippen LogP contribution in [0.2, 0.25) is 0 Å². The lowest BCUT2D eigenvalue weighted by molar-refractivity contribution is -0.164. The average molecular weight is 409 g/mol. The molecule has 160 valence electrons. The summed E-state index contributed by atoms with van der Waals surface area (Å²) in [7, 11) is 0. The second-order valence-electron chi connectivity index (χ2n) is 9.62. The van der Waals surface area contributed by atoms with Gasteiger partial charge in [-0.1, -0.05) is 41.5 Å². The van der Waals surface area contributed by atoms with Crippen LogP contribution in [0.3, 0.4) is 0 Å². The Kier molecular flexibility index (Phi) is 5.60. The fourth-order valence-electron chi connectivity index (χ4n) is 4.73. The molecule has 6 heteroatoms. The van der Waals surface area contributed by atoms with Gasteiger partial charge >= 0.3 is 0 Å². The van der Waals surface area contributed by atoms with Crippen molar-refractivity contribution in [2.24, 2.45) is 10.8 Å². The summed E-state index contributed by atoms with van der Waals surface area (Å²) < 4.78 is 6.33. The van der Waals surface area contributed by atoms with Gasteiger partial charge in [-0.3, -0.25) is 9.78 Å². The Balaban J connectivity index is 0.00000341. The molecule has 30 heavy (non-hydrogen) atoms. The maximum atomic E-state index is 12.8. The van der Waals surface area contributed by atoms with Crippen LogP contribution in [0.15, 0.2) is 30.6 Å². The van der Waals surface area contributed by atoms with Crippen molar-refractivity contribution in [1.29, 1.82) is 5.26 Å². The summed E-state index contributed by atoms with van der Waals surface area (Å²) in [5, 5.41) is 12.3. The molecule has 1 aromatic heterocycles. The predicted octanol–water partition coefficient (Wildman–Crippen LogP) is 4.64. The molecule has 1 saturated carbocycles. The number of carbonyl (C=O) groups excluding carboxylic acids is 1. The second-order valence-corrected chi connectivity index (χ2v) is 9.62. The summed E-state index contributed by atoms with van der Waals surface area (Å²) in [6.07, 6.45) is 3.10. The van der Waals surface area contributed by atoms with E-state index in [4.69, 9.17) is 10.00 Å². The molecule has 1 fully saturated rings. The van der Waals surface area contributed by atoms with Crippen LogP contribution in [0.4, 0.5) is 0 Å². The number of ether oxygens (including phenoxy) is 1. The number of rotatable bonds is 5. The number of carbonyl (C=O) groups is 1.